The van der Waals surface area contributed by atoms with E-state index >= 15 is 0 Å². The number of H-pyrrole nitrogens is 1. The van der Waals surface area contributed by atoms with Gasteiger partial charge in [0.1, 0.15) is 12.4 Å². The first-order valence-corrected chi connectivity index (χ1v) is 8.84. The zero-order valence-electron chi connectivity index (χ0n) is 15.1. The summed E-state index contributed by atoms with van der Waals surface area (Å²) in [5.41, 5.74) is 2.32. The Balaban J connectivity index is 1.47. The summed E-state index contributed by atoms with van der Waals surface area (Å²) >= 11 is 0. The Kier molecular flexibility index (Phi) is 4.78. The molecule has 0 unspecified atom stereocenters. The summed E-state index contributed by atoms with van der Waals surface area (Å²) < 4.78 is 12.9. The average molecular weight is 371 g/mol. The third-order valence-electron chi connectivity index (χ3n) is 4.68. The van der Waals surface area contributed by atoms with Crippen LogP contribution in [0.25, 0.3) is 22.6 Å². The van der Waals surface area contributed by atoms with Crippen molar-refractivity contribution in [3.8, 4) is 17.3 Å². The number of nitrogens with one attached hydrogen (secondary N) is 1. The van der Waals surface area contributed by atoms with Gasteiger partial charge in [-0.15, -0.1) is 0 Å². The standard InChI is InChI=1S/C18H21N5O4/c1-21-12-13(23(24)25)10-17(21)18-19-15-3-2-14(11-16(15)20-18)27-9-6-22-4-7-26-8-5-22/h2-3,10-12H,4-9H2,1H3,(H,19,20). The van der Waals surface area contributed by atoms with Crippen LogP contribution in [0.2, 0.25) is 0 Å². The monoisotopic (exact) mass is 371 g/mol. The van der Waals surface area contributed by atoms with Crippen molar-refractivity contribution in [1.29, 1.82) is 0 Å². The van der Waals surface area contributed by atoms with E-state index in [2.05, 4.69) is 14.9 Å². The maximum Gasteiger partial charge on any atom is 0.287 e. The Bertz CT molecular complexity index is 958. The number of ether oxygens (including phenoxy) is 2. The average Bonchev–Trinajstić information content (AvgIpc) is 3.25. The molecule has 1 aliphatic heterocycles. The van der Waals surface area contributed by atoms with Crippen molar-refractivity contribution in [2.24, 2.45) is 7.05 Å². The first kappa shape index (κ1) is 17.5. The van der Waals surface area contributed by atoms with Crippen molar-refractivity contribution in [2.75, 3.05) is 39.5 Å². The van der Waals surface area contributed by atoms with Gasteiger partial charge in [0.05, 0.1) is 41.1 Å². The summed E-state index contributed by atoms with van der Waals surface area (Å²) in [5, 5.41) is 11.0. The predicted molar refractivity (Wildman–Crippen MR) is 99.9 cm³/mol. The van der Waals surface area contributed by atoms with Gasteiger partial charge < -0.3 is 19.0 Å². The molecule has 0 aliphatic carbocycles. The zero-order valence-corrected chi connectivity index (χ0v) is 15.1. The largest absolute Gasteiger partial charge is 0.492 e. The number of nitro groups is 1. The number of aryl methyl sites for hydroxylation is 1. The number of aromatic nitrogens is 3. The number of imidazole rings is 1. The second-order valence-corrected chi connectivity index (χ2v) is 6.52. The number of aromatic amines is 1. The molecule has 27 heavy (non-hydrogen) atoms. The van der Waals surface area contributed by atoms with Crippen LogP contribution in [0.1, 0.15) is 0 Å². The highest BCUT2D eigenvalue weighted by Gasteiger charge is 2.16. The minimum atomic E-state index is -0.410. The molecule has 142 valence electrons. The molecule has 9 nitrogen and oxygen atoms in total. The van der Waals surface area contributed by atoms with Crippen LogP contribution >= 0.6 is 0 Å². The fraction of sp³-hybridized carbons (Fsp3) is 0.389. The predicted octanol–water partition coefficient (Wildman–Crippen LogP) is 2.19. The number of morpholine rings is 1. The third-order valence-corrected chi connectivity index (χ3v) is 4.68. The van der Waals surface area contributed by atoms with Gasteiger partial charge in [-0.05, 0) is 12.1 Å². The lowest BCUT2D eigenvalue weighted by molar-refractivity contribution is -0.384. The van der Waals surface area contributed by atoms with Crippen LogP contribution in [-0.2, 0) is 11.8 Å². The van der Waals surface area contributed by atoms with Crippen LogP contribution < -0.4 is 4.74 Å². The Morgan fingerprint density at radius 1 is 1.33 bits per heavy atom. The van der Waals surface area contributed by atoms with Gasteiger partial charge in [-0.2, -0.15) is 0 Å². The zero-order chi connectivity index (χ0) is 18.8. The highest BCUT2D eigenvalue weighted by atomic mass is 16.6. The third kappa shape index (κ3) is 3.79. The molecule has 2 aromatic heterocycles. The quantitative estimate of drug-likeness (QED) is 0.527. The molecule has 1 fully saturated rings. The van der Waals surface area contributed by atoms with Gasteiger partial charge in [0.15, 0.2) is 5.82 Å². The lowest BCUT2D eigenvalue weighted by atomic mass is 10.3. The number of benzene rings is 1. The van der Waals surface area contributed by atoms with Crippen molar-refractivity contribution < 1.29 is 14.4 Å². The summed E-state index contributed by atoms with van der Waals surface area (Å²) in [6, 6.07) is 7.19. The van der Waals surface area contributed by atoms with Gasteiger partial charge in [-0.1, -0.05) is 0 Å². The summed E-state index contributed by atoms with van der Waals surface area (Å²) in [6.45, 7) is 4.91. The molecular formula is C18H21N5O4. The van der Waals surface area contributed by atoms with Gasteiger partial charge >= 0.3 is 0 Å². The molecule has 9 heteroatoms. The molecule has 0 amide bonds. The maximum absolute atomic E-state index is 11.0. The van der Waals surface area contributed by atoms with E-state index < -0.39 is 4.92 Å². The van der Waals surface area contributed by atoms with E-state index in [0.29, 0.717) is 18.1 Å². The van der Waals surface area contributed by atoms with E-state index in [1.807, 2.05) is 18.2 Å². The molecule has 0 saturated carbocycles. The molecule has 1 aromatic carbocycles. The molecule has 0 radical (unpaired) electrons. The van der Waals surface area contributed by atoms with Crippen LogP contribution in [0.3, 0.4) is 0 Å². The fourth-order valence-electron chi connectivity index (χ4n) is 3.20. The molecule has 3 heterocycles. The first-order valence-electron chi connectivity index (χ1n) is 8.84. The number of nitrogens with zero attached hydrogens (tertiary/aromatic N) is 4. The highest BCUT2D eigenvalue weighted by molar-refractivity contribution is 5.80. The minimum absolute atomic E-state index is 0.0418. The van der Waals surface area contributed by atoms with Gasteiger partial charge in [0.2, 0.25) is 0 Å². The minimum Gasteiger partial charge on any atom is -0.492 e. The van der Waals surface area contributed by atoms with Crippen LogP contribution in [-0.4, -0.2) is 63.8 Å². The molecule has 0 spiro atoms. The van der Waals surface area contributed by atoms with Crippen LogP contribution in [0.4, 0.5) is 5.69 Å². The lowest BCUT2D eigenvalue weighted by Crippen LogP contribution is -2.38. The summed E-state index contributed by atoms with van der Waals surface area (Å²) in [7, 11) is 1.76. The van der Waals surface area contributed by atoms with E-state index in [-0.39, 0.29) is 5.69 Å². The van der Waals surface area contributed by atoms with Crippen molar-refractivity contribution in [3.05, 3.63) is 40.6 Å². The number of fused-ring (bicyclic) bond motifs is 1. The number of hydrogen-bond donors (Lipinski definition) is 1. The Hall–Kier alpha value is -2.91. The van der Waals surface area contributed by atoms with Gasteiger partial charge in [0.25, 0.3) is 5.69 Å². The SMILES string of the molecule is Cn1cc([N+](=O)[O-])cc1-c1nc2ccc(OCCN3CCOCC3)cc2[nH]1. The van der Waals surface area contributed by atoms with Crippen molar-refractivity contribution in [3.63, 3.8) is 0 Å². The highest BCUT2D eigenvalue weighted by Crippen LogP contribution is 2.27. The summed E-state index contributed by atoms with van der Waals surface area (Å²) in [4.78, 5) is 20.6. The normalized spacial score (nSPS) is 15.3. The summed E-state index contributed by atoms with van der Waals surface area (Å²) in [5.74, 6) is 1.36. The molecule has 3 aromatic rings. The molecule has 0 bridgehead atoms. The van der Waals surface area contributed by atoms with Crippen LogP contribution in [0, 0.1) is 10.1 Å². The van der Waals surface area contributed by atoms with E-state index in [0.717, 1.165) is 49.6 Å². The molecule has 4 rings (SSSR count). The summed E-state index contributed by atoms with van der Waals surface area (Å²) in [6.07, 6.45) is 1.47. The molecule has 1 aliphatic rings. The number of hydrogen-bond acceptors (Lipinski definition) is 6. The fourth-order valence-corrected chi connectivity index (χ4v) is 3.20. The maximum atomic E-state index is 11.0. The van der Waals surface area contributed by atoms with Gasteiger partial charge in [-0.25, -0.2) is 4.98 Å². The Morgan fingerprint density at radius 2 is 2.15 bits per heavy atom. The van der Waals surface area contributed by atoms with E-state index in [1.54, 1.807) is 11.6 Å². The molecule has 0 atom stereocenters. The molecule has 1 N–H and O–H groups in total. The molecular weight excluding hydrogens is 350 g/mol. The van der Waals surface area contributed by atoms with Crippen LogP contribution in [0.5, 0.6) is 5.75 Å². The smallest absolute Gasteiger partial charge is 0.287 e. The van der Waals surface area contributed by atoms with Crippen molar-refractivity contribution in [1.82, 2.24) is 19.4 Å². The second-order valence-electron chi connectivity index (χ2n) is 6.52. The Labute approximate surface area is 155 Å². The van der Waals surface area contributed by atoms with Gasteiger partial charge in [-0.3, -0.25) is 15.0 Å². The van der Waals surface area contributed by atoms with Crippen LogP contribution in [0.15, 0.2) is 30.5 Å². The topological polar surface area (TPSA) is 98.4 Å². The molecule has 1 saturated heterocycles. The van der Waals surface area contributed by atoms with Crippen molar-refractivity contribution >= 4 is 16.7 Å². The first-order chi connectivity index (χ1) is 13.1. The van der Waals surface area contributed by atoms with E-state index in [9.17, 15) is 10.1 Å². The lowest BCUT2D eigenvalue weighted by Gasteiger charge is -2.26. The van der Waals surface area contributed by atoms with E-state index in [4.69, 9.17) is 9.47 Å². The van der Waals surface area contributed by atoms with Gasteiger partial charge in [0, 0.05) is 38.8 Å². The Morgan fingerprint density at radius 3 is 2.89 bits per heavy atom. The number of rotatable bonds is 6. The van der Waals surface area contributed by atoms with Crippen molar-refractivity contribution in [2.45, 2.75) is 0 Å². The second kappa shape index (κ2) is 7.37. The van der Waals surface area contributed by atoms with E-state index in [1.165, 1.54) is 12.3 Å².